The maximum Gasteiger partial charge on any atom is 0.307 e. The van der Waals surface area contributed by atoms with E-state index in [1.807, 2.05) is 6.92 Å². The van der Waals surface area contributed by atoms with Crippen molar-refractivity contribution >= 4 is 23.1 Å². The van der Waals surface area contributed by atoms with Crippen molar-refractivity contribution < 1.29 is 14.3 Å². The van der Waals surface area contributed by atoms with E-state index in [9.17, 15) is 9.59 Å². The minimum atomic E-state index is -0.157. The number of carbonyl (C=O) groups is 2. The van der Waals surface area contributed by atoms with Gasteiger partial charge in [-0.25, -0.2) is 0 Å². The summed E-state index contributed by atoms with van der Waals surface area (Å²) in [6.07, 6.45) is 2.15. The molecule has 0 aromatic heterocycles. The Morgan fingerprint density at radius 1 is 0.971 bits per heavy atom. The summed E-state index contributed by atoms with van der Waals surface area (Å²) >= 11 is 0. The summed E-state index contributed by atoms with van der Waals surface area (Å²) < 4.78 is 5.12. The van der Waals surface area contributed by atoms with Crippen LogP contribution in [0.15, 0.2) is 42.5 Å². The molecule has 1 heterocycles. The van der Waals surface area contributed by atoms with Gasteiger partial charge in [0.1, 0.15) is 5.78 Å². The lowest BCUT2D eigenvalue weighted by Crippen LogP contribution is -2.40. The number of Topliss-reactive ketones (excluding diaryl/α,β-unsaturated/α-hetero) is 1. The molecule has 35 heavy (non-hydrogen) atoms. The molecule has 0 saturated heterocycles. The fraction of sp³-hybridized carbons (Fsp3) is 0.533. The fourth-order valence-electron chi connectivity index (χ4n) is 5.10. The highest BCUT2D eigenvalue weighted by molar-refractivity contribution is 5.81. The molecule has 0 bridgehead atoms. The maximum atomic E-state index is 12.8. The van der Waals surface area contributed by atoms with Crippen molar-refractivity contribution in [2.24, 2.45) is 0 Å². The van der Waals surface area contributed by atoms with Gasteiger partial charge in [0.15, 0.2) is 0 Å². The van der Waals surface area contributed by atoms with Gasteiger partial charge in [-0.15, -0.1) is 0 Å². The third-order valence-corrected chi connectivity index (χ3v) is 7.60. The van der Waals surface area contributed by atoms with Crippen LogP contribution in [0.3, 0.4) is 0 Å². The monoisotopic (exact) mass is 478 g/mol. The van der Waals surface area contributed by atoms with Gasteiger partial charge in [0.2, 0.25) is 0 Å². The molecule has 5 heteroatoms. The average molecular weight is 479 g/mol. The molecule has 2 aromatic rings. The normalized spacial score (nSPS) is 16.2. The summed E-state index contributed by atoms with van der Waals surface area (Å²) in [6.45, 7) is 15.9. The molecule has 0 aliphatic carbocycles. The van der Waals surface area contributed by atoms with Crippen LogP contribution in [0.1, 0.15) is 71.1 Å². The molecule has 1 aliphatic rings. The van der Waals surface area contributed by atoms with E-state index in [1.54, 1.807) is 0 Å². The highest BCUT2D eigenvalue weighted by atomic mass is 16.5. The molecule has 0 amide bonds. The second-order valence-electron chi connectivity index (χ2n) is 10.1. The Balaban J connectivity index is 1.62. The Labute approximate surface area is 211 Å². The first-order valence-electron chi connectivity index (χ1n) is 13.1. The van der Waals surface area contributed by atoms with Gasteiger partial charge in [-0.1, -0.05) is 38.1 Å². The van der Waals surface area contributed by atoms with Gasteiger partial charge in [-0.05, 0) is 69.0 Å². The van der Waals surface area contributed by atoms with Gasteiger partial charge < -0.3 is 14.5 Å². The van der Waals surface area contributed by atoms with Crippen LogP contribution in [0.4, 0.5) is 11.4 Å². The second kappa shape index (κ2) is 11.7. The van der Waals surface area contributed by atoms with Crippen LogP contribution in [0, 0.1) is 0 Å². The molecule has 1 atom stereocenters. The largest absolute Gasteiger partial charge is 0.466 e. The smallest absolute Gasteiger partial charge is 0.307 e. The lowest BCUT2D eigenvalue weighted by molar-refractivity contribution is -0.142. The summed E-state index contributed by atoms with van der Waals surface area (Å²) in [4.78, 5) is 29.3. The van der Waals surface area contributed by atoms with E-state index >= 15 is 0 Å². The molecule has 0 saturated carbocycles. The molecule has 2 aromatic carbocycles. The molecule has 0 spiro atoms. The number of rotatable bonds is 12. The first-order chi connectivity index (χ1) is 16.7. The lowest BCUT2D eigenvalue weighted by atomic mass is 9.80. The summed E-state index contributed by atoms with van der Waals surface area (Å²) in [7, 11) is 0. The van der Waals surface area contributed by atoms with Crippen molar-refractivity contribution in [1.29, 1.82) is 0 Å². The molecular formula is C30H42N2O3. The van der Waals surface area contributed by atoms with E-state index in [-0.39, 0.29) is 23.2 Å². The van der Waals surface area contributed by atoms with Crippen molar-refractivity contribution in [2.45, 2.75) is 78.7 Å². The van der Waals surface area contributed by atoms with Gasteiger partial charge in [0.05, 0.1) is 13.0 Å². The van der Waals surface area contributed by atoms with Gasteiger partial charge in [0.25, 0.3) is 0 Å². The number of hydrogen-bond donors (Lipinski definition) is 0. The Morgan fingerprint density at radius 3 is 2.26 bits per heavy atom. The molecule has 1 unspecified atom stereocenters. The summed E-state index contributed by atoms with van der Waals surface area (Å²) in [5.74, 6) is 0.108. The van der Waals surface area contributed by atoms with Gasteiger partial charge in [-0.2, -0.15) is 0 Å². The number of hydrogen-bond acceptors (Lipinski definition) is 5. The van der Waals surface area contributed by atoms with E-state index < -0.39 is 0 Å². The zero-order valence-corrected chi connectivity index (χ0v) is 22.4. The van der Waals surface area contributed by atoms with Gasteiger partial charge in [-0.3, -0.25) is 9.59 Å². The van der Waals surface area contributed by atoms with Gasteiger partial charge >= 0.3 is 5.97 Å². The number of ketones is 1. The van der Waals surface area contributed by atoms with Crippen LogP contribution in [-0.2, 0) is 32.6 Å². The summed E-state index contributed by atoms with van der Waals surface area (Å²) in [6, 6.07) is 15.3. The van der Waals surface area contributed by atoms with Crippen molar-refractivity contribution in [3.63, 3.8) is 0 Å². The minimum absolute atomic E-state index is 0.0599. The lowest BCUT2D eigenvalue weighted by Gasteiger charge is -2.31. The predicted molar refractivity (Wildman–Crippen MR) is 145 cm³/mol. The van der Waals surface area contributed by atoms with Crippen molar-refractivity contribution in [2.75, 3.05) is 36.0 Å². The minimum Gasteiger partial charge on any atom is -0.466 e. The fourth-order valence-corrected chi connectivity index (χ4v) is 5.10. The molecule has 0 fully saturated rings. The van der Waals surface area contributed by atoms with E-state index in [2.05, 4.69) is 86.9 Å². The van der Waals surface area contributed by atoms with Crippen molar-refractivity contribution in [3.8, 4) is 0 Å². The average Bonchev–Trinajstić information content (AvgIpc) is 3.03. The Bertz CT molecular complexity index is 1010. The van der Waals surface area contributed by atoms with Crippen molar-refractivity contribution in [1.82, 2.24) is 0 Å². The Kier molecular flexibility index (Phi) is 8.98. The molecule has 0 N–H and O–H groups in total. The van der Waals surface area contributed by atoms with Crippen LogP contribution in [0.5, 0.6) is 0 Å². The number of benzene rings is 2. The number of nitrogens with zero attached hydrogens (tertiary/aromatic N) is 2. The standard InChI is InChI=1S/C30H42N2O3/c1-7-31(8-2)25-14-10-23(11-15-25)12-16-26(33)20-24-13-17-28-27(21-24)30(5,6)22(4)32(28)19-18-29(34)35-9-3/h10-11,13-15,17,21-22H,7-9,12,16,18-20H2,1-6H3. The number of fused-ring (bicyclic) bond motifs is 1. The topological polar surface area (TPSA) is 49.9 Å². The van der Waals surface area contributed by atoms with Crippen LogP contribution in [-0.4, -0.2) is 44.0 Å². The third-order valence-electron chi connectivity index (χ3n) is 7.60. The molecule has 0 radical (unpaired) electrons. The zero-order valence-electron chi connectivity index (χ0n) is 22.4. The highest BCUT2D eigenvalue weighted by Crippen LogP contribution is 2.45. The maximum absolute atomic E-state index is 12.8. The number of anilines is 2. The zero-order chi connectivity index (χ0) is 25.6. The number of aryl methyl sites for hydroxylation is 1. The van der Waals surface area contributed by atoms with E-state index in [1.165, 1.54) is 16.8 Å². The Hall–Kier alpha value is -2.82. The molecule has 5 nitrogen and oxygen atoms in total. The number of ether oxygens (including phenoxy) is 1. The highest BCUT2D eigenvalue weighted by Gasteiger charge is 2.41. The number of carbonyl (C=O) groups excluding carboxylic acids is 2. The first-order valence-corrected chi connectivity index (χ1v) is 13.1. The second-order valence-corrected chi connectivity index (χ2v) is 10.1. The molecular weight excluding hydrogens is 436 g/mol. The van der Waals surface area contributed by atoms with Gasteiger partial charge in [0, 0.05) is 55.3 Å². The molecule has 3 rings (SSSR count). The SMILES string of the molecule is CCOC(=O)CCN1c2ccc(CC(=O)CCc3ccc(N(CC)CC)cc3)cc2C(C)(C)C1C. The van der Waals surface area contributed by atoms with Crippen LogP contribution in [0.2, 0.25) is 0 Å². The molecule has 1 aliphatic heterocycles. The van der Waals surface area contributed by atoms with E-state index in [4.69, 9.17) is 4.74 Å². The van der Waals surface area contributed by atoms with Crippen LogP contribution in [0.25, 0.3) is 0 Å². The van der Waals surface area contributed by atoms with Crippen LogP contribution >= 0.6 is 0 Å². The summed E-state index contributed by atoms with van der Waals surface area (Å²) in [5.41, 5.74) is 5.86. The first kappa shape index (κ1) is 26.8. The van der Waals surface area contributed by atoms with E-state index in [0.717, 1.165) is 30.8 Å². The molecule has 190 valence electrons. The Morgan fingerprint density at radius 2 is 1.63 bits per heavy atom. The van der Waals surface area contributed by atoms with E-state index in [0.29, 0.717) is 32.4 Å². The third kappa shape index (κ3) is 6.25. The van der Waals surface area contributed by atoms with Crippen molar-refractivity contribution in [3.05, 3.63) is 59.2 Å². The quantitative estimate of drug-likeness (QED) is 0.365. The summed E-state index contributed by atoms with van der Waals surface area (Å²) in [5, 5.41) is 0. The number of esters is 1. The van der Waals surface area contributed by atoms with Crippen LogP contribution < -0.4 is 9.80 Å². The predicted octanol–water partition coefficient (Wildman–Crippen LogP) is 5.72.